The van der Waals surface area contributed by atoms with Crippen molar-refractivity contribution < 1.29 is 8.42 Å². The topological polar surface area (TPSA) is 63.4 Å². The molecule has 0 spiro atoms. The molecule has 1 atom stereocenters. The minimum Gasteiger partial charge on any atom is -0.367 e. The van der Waals surface area contributed by atoms with Gasteiger partial charge in [0.05, 0.1) is 11.5 Å². The van der Waals surface area contributed by atoms with E-state index in [9.17, 15) is 8.42 Å². The zero-order valence-corrected chi connectivity index (χ0v) is 10.8. The number of nitrogens with zero attached hydrogens (tertiary/aromatic N) is 1. The fraction of sp³-hybridized carbons (Fsp3) is 0.500. The molecule has 0 radical (unpaired) electrons. The number of hydrogen-bond acceptors (Lipinski definition) is 4. The maximum atomic E-state index is 11.5. The quantitative estimate of drug-likeness (QED) is 0.846. The minimum absolute atomic E-state index is 0.0152. The van der Waals surface area contributed by atoms with E-state index in [0.29, 0.717) is 13.1 Å². The maximum Gasteiger partial charge on any atom is 0.154 e. The smallest absolute Gasteiger partial charge is 0.154 e. The third-order valence-electron chi connectivity index (χ3n) is 3.19. The molecular weight excluding hydrogens is 236 g/mol. The number of benzene rings is 1. The molecule has 0 amide bonds. The molecule has 1 saturated heterocycles. The molecule has 1 unspecified atom stereocenters. The summed E-state index contributed by atoms with van der Waals surface area (Å²) in [4.78, 5) is 2.14. The van der Waals surface area contributed by atoms with E-state index >= 15 is 0 Å². The fourth-order valence-corrected chi connectivity index (χ4v) is 3.88. The summed E-state index contributed by atoms with van der Waals surface area (Å²) < 4.78 is 23.1. The van der Waals surface area contributed by atoms with Gasteiger partial charge in [0.1, 0.15) is 0 Å². The summed E-state index contributed by atoms with van der Waals surface area (Å²) in [5, 5.41) is 0. The van der Waals surface area contributed by atoms with Gasteiger partial charge >= 0.3 is 0 Å². The zero-order chi connectivity index (χ0) is 12.5. The first-order valence-electron chi connectivity index (χ1n) is 5.78. The van der Waals surface area contributed by atoms with Crippen LogP contribution in [0.5, 0.6) is 0 Å². The maximum absolute atomic E-state index is 11.5. The van der Waals surface area contributed by atoms with Gasteiger partial charge in [-0.05, 0) is 18.6 Å². The summed E-state index contributed by atoms with van der Waals surface area (Å²) in [6.07, 6.45) is 0. The van der Waals surface area contributed by atoms with E-state index < -0.39 is 9.84 Å². The minimum atomic E-state index is -2.87. The van der Waals surface area contributed by atoms with Crippen LogP contribution in [-0.2, 0) is 16.4 Å². The van der Waals surface area contributed by atoms with Crippen LogP contribution >= 0.6 is 0 Å². The second kappa shape index (κ2) is 4.66. The summed E-state index contributed by atoms with van der Waals surface area (Å²) in [5.74, 6) is 0.460. The van der Waals surface area contributed by atoms with Gasteiger partial charge < -0.3 is 10.6 Å². The number of rotatable bonds is 2. The molecule has 1 fully saturated rings. The molecule has 5 heteroatoms. The van der Waals surface area contributed by atoms with Crippen molar-refractivity contribution in [2.45, 2.75) is 19.5 Å². The molecule has 2 N–H and O–H groups in total. The van der Waals surface area contributed by atoms with E-state index in [-0.39, 0.29) is 17.5 Å². The van der Waals surface area contributed by atoms with Gasteiger partial charge in [-0.1, -0.05) is 18.2 Å². The van der Waals surface area contributed by atoms with E-state index in [1.807, 2.05) is 31.2 Å². The van der Waals surface area contributed by atoms with Crippen LogP contribution in [0, 0.1) is 0 Å². The molecule has 0 aromatic heterocycles. The predicted molar refractivity (Wildman–Crippen MR) is 69.8 cm³/mol. The largest absolute Gasteiger partial charge is 0.367 e. The van der Waals surface area contributed by atoms with Crippen molar-refractivity contribution in [1.29, 1.82) is 0 Å². The van der Waals surface area contributed by atoms with Gasteiger partial charge in [0, 0.05) is 24.8 Å². The Balaban J connectivity index is 2.29. The average Bonchev–Trinajstić information content (AvgIpc) is 2.28. The molecule has 1 aromatic rings. The zero-order valence-electron chi connectivity index (χ0n) is 9.96. The van der Waals surface area contributed by atoms with Gasteiger partial charge in [-0.3, -0.25) is 0 Å². The number of para-hydroxylation sites is 1. The molecule has 17 heavy (non-hydrogen) atoms. The first-order chi connectivity index (χ1) is 8.03. The van der Waals surface area contributed by atoms with Crippen LogP contribution in [0.25, 0.3) is 0 Å². The van der Waals surface area contributed by atoms with Crippen molar-refractivity contribution in [2.24, 2.45) is 5.73 Å². The molecule has 1 aromatic carbocycles. The van der Waals surface area contributed by atoms with Gasteiger partial charge in [-0.2, -0.15) is 0 Å². The Morgan fingerprint density at radius 1 is 1.41 bits per heavy atom. The first-order valence-corrected chi connectivity index (χ1v) is 7.60. The monoisotopic (exact) mass is 254 g/mol. The number of anilines is 1. The first kappa shape index (κ1) is 12.4. The fourth-order valence-electron chi connectivity index (χ4n) is 2.32. The normalized spacial score (nSPS) is 23.6. The van der Waals surface area contributed by atoms with Crippen LogP contribution in [0.2, 0.25) is 0 Å². The Hall–Kier alpha value is -1.07. The molecule has 4 nitrogen and oxygen atoms in total. The molecule has 1 aliphatic rings. The second-order valence-electron chi connectivity index (χ2n) is 4.49. The molecule has 2 rings (SSSR count). The summed E-state index contributed by atoms with van der Waals surface area (Å²) in [7, 11) is -2.87. The van der Waals surface area contributed by atoms with Crippen LogP contribution in [0.1, 0.15) is 12.5 Å². The van der Waals surface area contributed by atoms with Gasteiger partial charge in [-0.25, -0.2) is 8.42 Å². The third-order valence-corrected chi connectivity index (χ3v) is 4.99. The van der Waals surface area contributed by atoms with Crippen LogP contribution < -0.4 is 10.6 Å². The summed E-state index contributed by atoms with van der Waals surface area (Å²) in [6.45, 7) is 2.98. The van der Waals surface area contributed by atoms with E-state index in [4.69, 9.17) is 5.73 Å². The molecular formula is C12H18N2O2S. The van der Waals surface area contributed by atoms with Crippen LogP contribution in [-0.4, -0.2) is 32.5 Å². The lowest BCUT2D eigenvalue weighted by molar-refractivity contribution is 0.568. The Kier molecular flexibility index (Phi) is 3.40. The predicted octanol–water partition coefficient (Wildman–Crippen LogP) is 0.769. The van der Waals surface area contributed by atoms with Crippen LogP contribution in [0.4, 0.5) is 5.69 Å². The van der Waals surface area contributed by atoms with Gasteiger partial charge in [-0.15, -0.1) is 0 Å². The Morgan fingerprint density at radius 2 is 2.12 bits per heavy atom. The highest BCUT2D eigenvalue weighted by atomic mass is 32.2. The Bertz CT molecular complexity index is 499. The Labute approximate surface area is 102 Å². The molecule has 0 saturated carbocycles. The number of nitrogens with two attached hydrogens (primary N) is 1. The summed E-state index contributed by atoms with van der Waals surface area (Å²) >= 11 is 0. The van der Waals surface area contributed by atoms with E-state index in [1.165, 1.54) is 0 Å². The van der Waals surface area contributed by atoms with Crippen LogP contribution in [0.3, 0.4) is 0 Å². The Morgan fingerprint density at radius 3 is 2.76 bits per heavy atom. The highest BCUT2D eigenvalue weighted by Crippen LogP contribution is 2.25. The standard InChI is InChI=1S/C12H18N2O2S/c1-10-9-17(15,16)7-6-14(10)12-5-3-2-4-11(12)8-13/h2-5,10H,6-9,13H2,1H3. The molecule has 0 aliphatic carbocycles. The van der Waals surface area contributed by atoms with E-state index in [2.05, 4.69) is 4.90 Å². The SMILES string of the molecule is CC1CS(=O)(=O)CCN1c1ccccc1CN. The highest BCUT2D eigenvalue weighted by Gasteiger charge is 2.28. The molecule has 94 valence electrons. The van der Waals surface area contributed by atoms with Gasteiger partial charge in [0.25, 0.3) is 0 Å². The van der Waals surface area contributed by atoms with Crippen molar-refractivity contribution in [1.82, 2.24) is 0 Å². The van der Waals surface area contributed by atoms with Gasteiger partial charge in [0.15, 0.2) is 9.84 Å². The van der Waals surface area contributed by atoms with E-state index in [0.717, 1.165) is 11.3 Å². The van der Waals surface area contributed by atoms with Crippen molar-refractivity contribution >= 4 is 15.5 Å². The molecule has 0 bridgehead atoms. The average molecular weight is 254 g/mol. The lowest BCUT2D eigenvalue weighted by Gasteiger charge is -2.36. The molecule has 1 heterocycles. The number of hydrogen-bond donors (Lipinski definition) is 1. The van der Waals surface area contributed by atoms with Crippen molar-refractivity contribution in [3.8, 4) is 0 Å². The second-order valence-corrected chi connectivity index (χ2v) is 6.72. The number of sulfone groups is 1. The highest BCUT2D eigenvalue weighted by molar-refractivity contribution is 7.91. The van der Waals surface area contributed by atoms with Crippen molar-refractivity contribution in [3.63, 3.8) is 0 Å². The van der Waals surface area contributed by atoms with E-state index in [1.54, 1.807) is 0 Å². The third kappa shape index (κ3) is 2.61. The lowest BCUT2D eigenvalue weighted by Crippen LogP contribution is -2.47. The molecule has 1 aliphatic heterocycles. The van der Waals surface area contributed by atoms with Gasteiger partial charge in [0.2, 0.25) is 0 Å². The van der Waals surface area contributed by atoms with Crippen molar-refractivity contribution in [3.05, 3.63) is 29.8 Å². The summed E-state index contributed by atoms with van der Waals surface area (Å²) in [6, 6.07) is 7.94. The van der Waals surface area contributed by atoms with Crippen LogP contribution in [0.15, 0.2) is 24.3 Å². The lowest BCUT2D eigenvalue weighted by atomic mass is 10.1. The van der Waals surface area contributed by atoms with Crippen molar-refractivity contribution in [2.75, 3.05) is 23.0 Å². The summed E-state index contributed by atoms with van der Waals surface area (Å²) in [5.41, 5.74) is 7.85.